The van der Waals surface area contributed by atoms with Crippen molar-refractivity contribution in [3.05, 3.63) is 29.3 Å². The number of likely N-dealkylation sites (tertiary alicyclic amines) is 1. The maximum absolute atomic E-state index is 13.3. The third-order valence-corrected chi connectivity index (χ3v) is 7.84. The van der Waals surface area contributed by atoms with Gasteiger partial charge in [0, 0.05) is 38.9 Å². The van der Waals surface area contributed by atoms with Crippen molar-refractivity contribution in [1.29, 1.82) is 0 Å². The quantitative estimate of drug-likeness (QED) is 0.544. The highest BCUT2D eigenvalue weighted by molar-refractivity contribution is 5.94. The summed E-state index contributed by atoms with van der Waals surface area (Å²) in [5, 5.41) is 0. The highest BCUT2D eigenvalue weighted by Gasteiger charge is 2.45. The average molecular weight is 473 g/mol. The van der Waals surface area contributed by atoms with E-state index >= 15 is 0 Å². The molecule has 0 N–H and O–H groups in total. The largest absolute Gasteiger partial charge is 0.491 e. The number of benzene rings is 1. The predicted molar refractivity (Wildman–Crippen MR) is 134 cm³/mol. The number of nitrogens with zero attached hydrogens (tertiary/aromatic N) is 2. The molecule has 1 aromatic carbocycles. The van der Waals surface area contributed by atoms with Crippen molar-refractivity contribution in [3.8, 4) is 5.75 Å². The van der Waals surface area contributed by atoms with Crippen LogP contribution in [0.4, 0.5) is 0 Å². The number of ether oxygens (including phenoxy) is 3. The summed E-state index contributed by atoms with van der Waals surface area (Å²) < 4.78 is 18.3. The van der Waals surface area contributed by atoms with Crippen LogP contribution in [-0.2, 0) is 9.47 Å². The SMILES string of the molecule is COCN1CC(C2CCCCCC2)OC2(CCN(C(=O)c3ccc(OC(C)C)c(C)c3)CC2)C1. The van der Waals surface area contributed by atoms with Gasteiger partial charge < -0.3 is 19.1 Å². The van der Waals surface area contributed by atoms with Gasteiger partial charge in [0.15, 0.2) is 0 Å². The smallest absolute Gasteiger partial charge is 0.253 e. The Labute approximate surface area is 205 Å². The van der Waals surface area contributed by atoms with E-state index in [0.717, 1.165) is 55.9 Å². The maximum Gasteiger partial charge on any atom is 0.253 e. The van der Waals surface area contributed by atoms with E-state index in [1.54, 1.807) is 7.11 Å². The second-order valence-electron chi connectivity index (χ2n) is 11.0. The second-order valence-corrected chi connectivity index (χ2v) is 11.0. The Kier molecular flexibility index (Phi) is 8.54. The van der Waals surface area contributed by atoms with Gasteiger partial charge in [-0.1, -0.05) is 25.7 Å². The van der Waals surface area contributed by atoms with Gasteiger partial charge in [-0.2, -0.15) is 0 Å². The van der Waals surface area contributed by atoms with Crippen molar-refractivity contribution in [2.75, 3.05) is 40.0 Å². The lowest BCUT2D eigenvalue weighted by Crippen LogP contribution is -2.61. The summed E-state index contributed by atoms with van der Waals surface area (Å²) in [4.78, 5) is 17.7. The molecule has 1 aliphatic carbocycles. The Bertz CT molecular complexity index is 811. The molecule has 1 saturated carbocycles. The van der Waals surface area contributed by atoms with E-state index in [2.05, 4.69) is 4.90 Å². The summed E-state index contributed by atoms with van der Waals surface area (Å²) >= 11 is 0. The molecule has 1 aromatic rings. The topological polar surface area (TPSA) is 51.2 Å². The summed E-state index contributed by atoms with van der Waals surface area (Å²) in [6, 6.07) is 5.79. The van der Waals surface area contributed by atoms with E-state index in [4.69, 9.17) is 14.2 Å². The number of rotatable bonds is 6. The van der Waals surface area contributed by atoms with Gasteiger partial charge in [0.2, 0.25) is 0 Å². The molecule has 3 fully saturated rings. The third-order valence-electron chi connectivity index (χ3n) is 7.84. The molecule has 1 unspecified atom stereocenters. The maximum atomic E-state index is 13.3. The first kappa shape index (κ1) is 25.5. The monoisotopic (exact) mass is 472 g/mol. The van der Waals surface area contributed by atoms with E-state index < -0.39 is 0 Å². The van der Waals surface area contributed by atoms with Crippen LogP contribution in [0.2, 0.25) is 0 Å². The van der Waals surface area contributed by atoms with Gasteiger partial charge in [-0.05, 0) is 76.1 Å². The van der Waals surface area contributed by atoms with Gasteiger partial charge in [0.05, 0.1) is 24.5 Å². The summed E-state index contributed by atoms with van der Waals surface area (Å²) in [5.74, 6) is 1.61. The Morgan fingerprint density at radius 2 is 1.85 bits per heavy atom. The molecule has 2 aliphatic heterocycles. The van der Waals surface area contributed by atoms with E-state index in [-0.39, 0.29) is 23.7 Å². The second kappa shape index (κ2) is 11.4. The standard InChI is InChI=1S/C28H44N2O4/c1-21(2)33-25-12-11-24(17-22(25)3)27(31)30-15-13-28(14-16-30)19-29(20-32-4)18-26(34-28)23-9-7-5-6-8-10-23/h11-12,17,21,23,26H,5-10,13-16,18-20H2,1-4H3. The van der Waals surface area contributed by atoms with Crippen molar-refractivity contribution in [2.24, 2.45) is 5.92 Å². The molecule has 2 saturated heterocycles. The molecule has 1 spiro atoms. The van der Waals surface area contributed by atoms with Crippen LogP contribution in [0.5, 0.6) is 5.75 Å². The first-order valence-corrected chi connectivity index (χ1v) is 13.3. The Morgan fingerprint density at radius 3 is 2.47 bits per heavy atom. The fourth-order valence-electron chi connectivity index (χ4n) is 6.08. The van der Waals surface area contributed by atoms with Gasteiger partial charge >= 0.3 is 0 Å². The van der Waals surface area contributed by atoms with Crippen molar-refractivity contribution in [1.82, 2.24) is 9.80 Å². The molecule has 34 heavy (non-hydrogen) atoms. The van der Waals surface area contributed by atoms with Gasteiger partial charge in [-0.15, -0.1) is 0 Å². The Balaban J connectivity index is 1.41. The Hall–Kier alpha value is -1.63. The molecule has 2 heterocycles. The van der Waals surface area contributed by atoms with Gasteiger partial charge in [0.25, 0.3) is 5.91 Å². The summed E-state index contributed by atoms with van der Waals surface area (Å²) in [7, 11) is 1.78. The van der Waals surface area contributed by atoms with Gasteiger partial charge in [-0.3, -0.25) is 9.69 Å². The molecule has 6 nitrogen and oxygen atoms in total. The molecular weight excluding hydrogens is 428 g/mol. The minimum absolute atomic E-state index is 0.110. The minimum Gasteiger partial charge on any atom is -0.491 e. The molecule has 1 amide bonds. The highest BCUT2D eigenvalue weighted by atomic mass is 16.5. The van der Waals surface area contributed by atoms with E-state index in [0.29, 0.717) is 12.6 Å². The summed E-state index contributed by atoms with van der Waals surface area (Å²) in [5.41, 5.74) is 1.58. The lowest BCUT2D eigenvalue weighted by Gasteiger charge is -2.51. The molecule has 0 bridgehead atoms. The van der Waals surface area contributed by atoms with E-state index in [1.807, 2.05) is 43.9 Å². The Morgan fingerprint density at radius 1 is 1.15 bits per heavy atom. The zero-order valence-corrected chi connectivity index (χ0v) is 21.7. The zero-order chi connectivity index (χ0) is 24.1. The first-order valence-electron chi connectivity index (χ1n) is 13.3. The van der Waals surface area contributed by atoms with Crippen LogP contribution in [0.25, 0.3) is 0 Å². The van der Waals surface area contributed by atoms with Crippen molar-refractivity contribution in [2.45, 2.75) is 89.9 Å². The van der Waals surface area contributed by atoms with Crippen LogP contribution in [-0.4, -0.2) is 73.5 Å². The van der Waals surface area contributed by atoms with Crippen LogP contribution in [0.3, 0.4) is 0 Å². The van der Waals surface area contributed by atoms with Crippen molar-refractivity contribution in [3.63, 3.8) is 0 Å². The zero-order valence-electron chi connectivity index (χ0n) is 21.7. The normalized spacial score (nSPS) is 24.4. The molecule has 6 heteroatoms. The van der Waals surface area contributed by atoms with Crippen molar-refractivity contribution < 1.29 is 19.0 Å². The number of morpholine rings is 1. The van der Waals surface area contributed by atoms with Crippen LogP contribution < -0.4 is 4.74 Å². The van der Waals surface area contributed by atoms with Crippen LogP contribution in [0, 0.1) is 12.8 Å². The minimum atomic E-state index is -0.171. The summed E-state index contributed by atoms with van der Waals surface area (Å²) in [6.07, 6.45) is 10.1. The van der Waals surface area contributed by atoms with E-state index in [9.17, 15) is 4.79 Å². The number of aryl methyl sites for hydroxylation is 1. The number of carbonyl (C=O) groups is 1. The van der Waals surface area contributed by atoms with Crippen LogP contribution in [0.15, 0.2) is 18.2 Å². The fourth-order valence-corrected chi connectivity index (χ4v) is 6.08. The average Bonchev–Trinajstić information content (AvgIpc) is 3.10. The van der Waals surface area contributed by atoms with Gasteiger partial charge in [-0.25, -0.2) is 0 Å². The molecule has 3 aliphatic rings. The highest BCUT2D eigenvalue weighted by Crippen LogP contribution is 2.38. The number of hydrogen-bond acceptors (Lipinski definition) is 5. The van der Waals surface area contributed by atoms with Crippen LogP contribution in [0.1, 0.15) is 81.1 Å². The molecule has 4 rings (SSSR count). The lowest BCUT2D eigenvalue weighted by atomic mass is 9.85. The fraction of sp³-hybridized carbons (Fsp3) is 0.750. The molecule has 1 atom stereocenters. The molecular formula is C28H44N2O4. The number of hydrogen-bond donors (Lipinski definition) is 0. The van der Waals surface area contributed by atoms with Crippen molar-refractivity contribution >= 4 is 5.91 Å². The molecule has 0 aromatic heterocycles. The number of piperidine rings is 1. The first-order chi connectivity index (χ1) is 16.4. The molecule has 190 valence electrons. The van der Waals surface area contributed by atoms with E-state index in [1.165, 1.54) is 38.5 Å². The summed E-state index contributed by atoms with van der Waals surface area (Å²) in [6.45, 7) is 10.0. The number of amides is 1. The van der Waals surface area contributed by atoms with Gasteiger partial charge in [0.1, 0.15) is 5.75 Å². The number of methoxy groups -OCH3 is 1. The third kappa shape index (κ3) is 6.13. The number of carbonyl (C=O) groups excluding carboxylic acids is 1. The van der Waals surface area contributed by atoms with Crippen LogP contribution >= 0.6 is 0 Å². The predicted octanol–water partition coefficient (Wildman–Crippen LogP) is 5.03. The molecule has 0 radical (unpaired) electrons. The lowest BCUT2D eigenvalue weighted by molar-refractivity contribution is -0.200.